The molecule has 244 valence electrons. The van der Waals surface area contributed by atoms with Crippen LogP contribution in [0.1, 0.15) is 0 Å². The molecule has 2 heteroatoms. The average Bonchev–Trinajstić information content (AvgIpc) is 3.66. The van der Waals surface area contributed by atoms with E-state index in [4.69, 9.17) is 4.42 Å². The van der Waals surface area contributed by atoms with E-state index in [1.165, 1.54) is 43.4 Å². The molecule has 0 fully saturated rings. The second-order valence-electron chi connectivity index (χ2n) is 13.3. The predicted molar refractivity (Wildman–Crippen MR) is 220 cm³/mol. The van der Waals surface area contributed by atoms with Gasteiger partial charge in [-0.15, -0.1) is 0 Å². The third-order valence-corrected chi connectivity index (χ3v) is 10.3. The summed E-state index contributed by atoms with van der Waals surface area (Å²) < 4.78 is 6.31. The Hall–Kier alpha value is -6.90. The van der Waals surface area contributed by atoms with Crippen molar-refractivity contribution in [1.29, 1.82) is 0 Å². The van der Waals surface area contributed by atoms with Gasteiger partial charge in [0, 0.05) is 28.0 Å². The van der Waals surface area contributed by atoms with E-state index in [0.29, 0.717) is 0 Å². The van der Waals surface area contributed by atoms with Crippen LogP contribution in [0.5, 0.6) is 0 Å². The van der Waals surface area contributed by atoms with Crippen molar-refractivity contribution in [1.82, 2.24) is 0 Å². The van der Waals surface area contributed by atoms with E-state index in [-0.39, 0.29) is 0 Å². The normalized spacial score (nSPS) is 11.5. The maximum atomic E-state index is 6.31. The smallest absolute Gasteiger partial charge is 0.136 e. The molecule has 0 aliphatic carbocycles. The highest BCUT2D eigenvalue weighted by atomic mass is 16.3. The number of fused-ring (bicyclic) bond motifs is 5. The molecule has 0 bridgehead atoms. The molecular formula is C50H33NO. The first-order chi connectivity index (χ1) is 25.8. The fraction of sp³-hybridized carbons (Fsp3) is 0. The summed E-state index contributed by atoms with van der Waals surface area (Å²) in [6.07, 6.45) is 0. The number of nitrogens with zero attached hydrogens (tertiary/aromatic N) is 1. The van der Waals surface area contributed by atoms with Crippen molar-refractivity contribution in [2.24, 2.45) is 0 Å². The Kier molecular flexibility index (Phi) is 7.18. The number of hydrogen-bond acceptors (Lipinski definition) is 2. The van der Waals surface area contributed by atoms with Gasteiger partial charge < -0.3 is 9.32 Å². The number of benzene rings is 9. The molecule has 0 amide bonds. The molecule has 0 aliphatic rings. The third-order valence-electron chi connectivity index (χ3n) is 10.3. The Bertz CT molecular complexity index is 2870. The number of anilines is 3. The number of hydrogen-bond donors (Lipinski definition) is 0. The van der Waals surface area contributed by atoms with Crippen LogP contribution in [0, 0.1) is 0 Å². The zero-order chi connectivity index (χ0) is 34.4. The second kappa shape index (κ2) is 12.5. The van der Waals surface area contributed by atoms with Gasteiger partial charge in [-0.25, -0.2) is 0 Å². The topological polar surface area (TPSA) is 16.4 Å². The van der Waals surface area contributed by atoms with Crippen LogP contribution in [-0.4, -0.2) is 0 Å². The number of furan rings is 1. The van der Waals surface area contributed by atoms with Crippen molar-refractivity contribution >= 4 is 60.3 Å². The van der Waals surface area contributed by atoms with E-state index in [1.807, 2.05) is 18.2 Å². The van der Waals surface area contributed by atoms with E-state index in [1.54, 1.807) is 0 Å². The van der Waals surface area contributed by atoms with E-state index >= 15 is 0 Å². The lowest BCUT2D eigenvalue weighted by atomic mass is 9.93. The van der Waals surface area contributed by atoms with Gasteiger partial charge in [0.1, 0.15) is 11.3 Å². The van der Waals surface area contributed by atoms with Crippen molar-refractivity contribution < 1.29 is 4.42 Å². The molecule has 0 N–H and O–H groups in total. The Labute approximate surface area is 302 Å². The highest BCUT2D eigenvalue weighted by molar-refractivity contribution is 6.13. The summed E-state index contributed by atoms with van der Waals surface area (Å²) in [7, 11) is 0. The monoisotopic (exact) mass is 663 g/mol. The first kappa shape index (κ1) is 30.0. The summed E-state index contributed by atoms with van der Waals surface area (Å²) in [4.78, 5) is 2.35. The first-order valence-electron chi connectivity index (χ1n) is 17.8. The van der Waals surface area contributed by atoms with Gasteiger partial charge in [0.15, 0.2) is 0 Å². The van der Waals surface area contributed by atoms with Gasteiger partial charge in [0.05, 0.1) is 0 Å². The Balaban J connectivity index is 1.07. The molecule has 0 saturated carbocycles. The van der Waals surface area contributed by atoms with Gasteiger partial charge in [-0.3, -0.25) is 0 Å². The van der Waals surface area contributed by atoms with Gasteiger partial charge in [0.25, 0.3) is 0 Å². The van der Waals surface area contributed by atoms with E-state index in [0.717, 1.165) is 50.5 Å². The molecule has 0 saturated heterocycles. The van der Waals surface area contributed by atoms with Gasteiger partial charge in [-0.1, -0.05) is 146 Å². The summed E-state index contributed by atoms with van der Waals surface area (Å²) in [6.45, 7) is 0. The summed E-state index contributed by atoms with van der Waals surface area (Å²) in [5.74, 6) is 0.873. The zero-order valence-electron chi connectivity index (χ0n) is 28.4. The fourth-order valence-electron chi connectivity index (χ4n) is 7.70. The molecule has 9 aromatic carbocycles. The molecule has 0 atom stereocenters. The fourth-order valence-corrected chi connectivity index (χ4v) is 7.70. The van der Waals surface area contributed by atoms with Crippen LogP contribution in [-0.2, 0) is 0 Å². The van der Waals surface area contributed by atoms with Gasteiger partial charge >= 0.3 is 0 Å². The molecule has 0 radical (unpaired) electrons. The van der Waals surface area contributed by atoms with Gasteiger partial charge in [-0.2, -0.15) is 0 Å². The summed E-state index contributed by atoms with van der Waals surface area (Å²) >= 11 is 0. The molecule has 0 spiro atoms. The van der Waals surface area contributed by atoms with Crippen molar-refractivity contribution in [3.63, 3.8) is 0 Å². The lowest BCUT2D eigenvalue weighted by Crippen LogP contribution is -2.09. The van der Waals surface area contributed by atoms with Crippen molar-refractivity contribution in [2.75, 3.05) is 4.90 Å². The molecular weight excluding hydrogens is 631 g/mol. The minimum atomic E-state index is 0.873. The largest absolute Gasteiger partial charge is 0.456 e. The number of para-hydroxylation sites is 1. The predicted octanol–water partition coefficient (Wildman–Crippen LogP) is 14.4. The molecule has 10 rings (SSSR count). The maximum Gasteiger partial charge on any atom is 0.136 e. The molecule has 0 unspecified atom stereocenters. The SMILES string of the molecule is c1ccc(-c2cc3ccccc3o2)c(-c2ccc(N(c3ccc(-c4cc5ccccc5c5ccccc45)cc3)c3ccc4ccccc4c3)cc2)c1. The highest BCUT2D eigenvalue weighted by Crippen LogP contribution is 2.41. The lowest BCUT2D eigenvalue weighted by molar-refractivity contribution is 0.632. The highest BCUT2D eigenvalue weighted by Gasteiger charge is 2.17. The minimum Gasteiger partial charge on any atom is -0.456 e. The molecule has 10 aromatic rings. The Morgan fingerprint density at radius 1 is 0.308 bits per heavy atom. The van der Waals surface area contributed by atoms with E-state index < -0.39 is 0 Å². The van der Waals surface area contributed by atoms with Crippen LogP contribution in [0.15, 0.2) is 205 Å². The molecule has 1 aromatic heterocycles. The van der Waals surface area contributed by atoms with Gasteiger partial charge in [-0.05, 0) is 109 Å². The summed E-state index contributed by atoms with van der Waals surface area (Å²) in [5, 5.41) is 8.61. The minimum absolute atomic E-state index is 0.873. The van der Waals surface area contributed by atoms with Crippen LogP contribution in [0.2, 0.25) is 0 Å². The second-order valence-corrected chi connectivity index (χ2v) is 13.3. The quantitative estimate of drug-likeness (QED) is 0.165. The van der Waals surface area contributed by atoms with Crippen LogP contribution in [0.3, 0.4) is 0 Å². The van der Waals surface area contributed by atoms with Gasteiger partial charge in [0.2, 0.25) is 0 Å². The Morgan fingerprint density at radius 3 is 1.58 bits per heavy atom. The van der Waals surface area contributed by atoms with Crippen LogP contribution in [0.4, 0.5) is 17.1 Å². The average molecular weight is 664 g/mol. The Morgan fingerprint density at radius 2 is 0.846 bits per heavy atom. The molecule has 2 nitrogen and oxygen atoms in total. The third kappa shape index (κ3) is 5.21. The van der Waals surface area contributed by atoms with Crippen molar-refractivity contribution in [3.05, 3.63) is 200 Å². The molecule has 52 heavy (non-hydrogen) atoms. The number of rotatable bonds is 6. The summed E-state index contributed by atoms with van der Waals surface area (Å²) in [5.41, 5.74) is 9.98. The molecule has 0 aliphatic heterocycles. The van der Waals surface area contributed by atoms with E-state index in [2.05, 4.69) is 187 Å². The molecule has 1 heterocycles. The summed E-state index contributed by atoms with van der Waals surface area (Å²) in [6, 6.07) is 71.7. The maximum absolute atomic E-state index is 6.31. The standard InChI is InChI=1S/C50H33NO/c1-2-12-37-31-42(30-21-34(37)11-1)51(41-28-24-36(25-29-41)48-32-38-13-3-5-16-44(38)45-17-7-8-18-46(45)48)40-26-22-35(23-27-40)43-15-6-9-19-47(43)50-33-39-14-4-10-20-49(39)52-50/h1-33H. The zero-order valence-corrected chi connectivity index (χ0v) is 28.4. The van der Waals surface area contributed by atoms with Crippen LogP contribution < -0.4 is 4.90 Å². The first-order valence-corrected chi connectivity index (χ1v) is 17.8. The van der Waals surface area contributed by atoms with Crippen molar-refractivity contribution in [3.8, 4) is 33.6 Å². The van der Waals surface area contributed by atoms with Crippen LogP contribution in [0.25, 0.3) is 76.9 Å². The van der Waals surface area contributed by atoms with Crippen LogP contribution >= 0.6 is 0 Å². The van der Waals surface area contributed by atoms with E-state index in [9.17, 15) is 0 Å². The lowest BCUT2D eigenvalue weighted by Gasteiger charge is -2.26. The van der Waals surface area contributed by atoms with Crippen molar-refractivity contribution in [2.45, 2.75) is 0 Å².